The van der Waals surface area contributed by atoms with Gasteiger partial charge in [-0.25, -0.2) is 0 Å². The van der Waals surface area contributed by atoms with E-state index in [0.29, 0.717) is 6.54 Å². The van der Waals surface area contributed by atoms with Crippen molar-refractivity contribution in [2.24, 2.45) is 0 Å². The molecular weight excluding hydrogens is 318 g/mol. The number of anilines is 1. The zero-order chi connectivity index (χ0) is 14.4. The average molecular weight is 334 g/mol. The van der Waals surface area contributed by atoms with Gasteiger partial charge in [-0.3, -0.25) is 9.78 Å². The molecule has 0 aliphatic rings. The molecule has 2 rings (SSSR count). The van der Waals surface area contributed by atoms with E-state index in [1.54, 1.807) is 6.20 Å². The van der Waals surface area contributed by atoms with Gasteiger partial charge in [0.25, 0.3) is 0 Å². The van der Waals surface area contributed by atoms with Gasteiger partial charge in [-0.1, -0.05) is 28.1 Å². The molecule has 0 unspecified atom stereocenters. The molecule has 0 aliphatic carbocycles. The first-order valence-corrected chi connectivity index (χ1v) is 7.11. The van der Waals surface area contributed by atoms with Crippen molar-refractivity contribution in [3.05, 3.63) is 58.3 Å². The second kappa shape index (κ2) is 7.17. The van der Waals surface area contributed by atoms with Crippen LogP contribution in [0.15, 0.2) is 47.1 Å². The topological polar surface area (TPSA) is 54.0 Å². The summed E-state index contributed by atoms with van der Waals surface area (Å²) in [5.74, 6) is -0.0725. The zero-order valence-electron chi connectivity index (χ0n) is 11.2. The molecule has 1 aromatic heterocycles. The summed E-state index contributed by atoms with van der Waals surface area (Å²) < 4.78 is 0.983. The Bertz CT molecular complexity index is 587. The van der Waals surface area contributed by atoms with Crippen LogP contribution in [0, 0.1) is 6.92 Å². The highest BCUT2D eigenvalue weighted by atomic mass is 79.9. The molecule has 1 heterocycles. The highest BCUT2D eigenvalue weighted by molar-refractivity contribution is 9.10. The Labute approximate surface area is 126 Å². The monoisotopic (exact) mass is 333 g/mol. The van der Waals surface area contributed by atoms with Gasteiger partial charge in [-0.05, 0) is 36.8 Å². The van der Waals surface area contributed by atoms with Crippen LogP contribution in [0.5, 0.6) is 0 Å². The summed E-state index contributed by atoms with van der Waals surface area (Å²) in [5, 5.41) is 5.91. The minimum atomic E-state index is -0.0725. The Morgan fingerprint density at radius 1 is 1.30 bits per heavy atom. The number of nitrogens with one attached hydrogen (secondary N) is 2. The van der Waals surface area contributed by atoms with E-state index in [-0.39, 0.29) is 12.5 Å². The lowest BCUT2D eigenvalue weighted by Crippen LogP contribution is -2.27. The Morgan fingerprint density at radius 3 is 2.85 bits per heavy atom. The number of carbonyl (C=O) groups is 1. The van der Waals surface area contributed by atoms with Crippen molar-refractivity contribution < 1.29 is 4.79 Å². The van der Waals surface area contributed by atoms with Crippen molar-refractivity contribution >= 4 is 27.5 Å². The first-order chi connectivity index (χ1) is 9.65. The number of carbonyl (C=O) groups excluding carboxylic acids is 1. The van der Waals surface area contributed by atoms with Crippen LogP contribution in [0.25, 0.3) is 0 Å². The Kier molecular flexibility index (Phi) is 5.26. The molecule has 0 bridgehead atoms. The predicted octanol–water partition coefficient (Wildman–Crippen LogP) is 2.88. The molecule has 0 atom stereocenters. The van der Waals surface area contributed by atoms with Crippen LogP contribution >= 0.6 is 15.9 Å². The quantitative estimate of drug-likeness (QED) is 0.884. The highest BCUT2D eigenvalue weighted by Gasteiger charge is 2.03. The molecule has 0 saturated heterocycles. The van der Waals surface area contributed by atoms with Gasteiger partial charge in [0.05, 0.1) is 12.2 Å². The molecule has 2 aromatic rings. The maximum Gasteiger partial charge on any atom is 0.238 e. The SMILES string of the molecule is Cc1ccc(NC(=O)CNCc2ccccn2)cc1Br. The van der Waals surface area contributed by atoms with Crippen LogP contribution in [0.4, 0.5) is 5.69 Å². The number of hydrogen-bond donors (Lipinski definition) is 2. The minimum absolute atomic E-state index is 0.0725. The van der Waals surface area contributed by atoms with E-state index < -0.39 is 0 Å². The molecule has 0 radical (unpaired) electrons. The van der Waals surface area contributed by atoms with Crippen LogP contribution in [0.2, 0.25) is 0 Å². The van der Waals surface area contributed by atoms with Crippen molar-refractivity contribution in [1.82, 2.24) is 10.3 Å². The van der Waals surface area contributed by atoms with Crippen molar-refractivity contribution in [3.63, 3.8) is 0 Å². The number of benzene rings is 1. The van der Waals surface area contributed by atoms with Crippen molar-refractivity contribution in [2.75, 3.05) is 11.9 Å². The molecule has 4 nitrogen and oxygen atoms in total. The molecule has 20 heavy (non-hydrogen) atoms. The molecule has 2 N–H and O–H groups in total. The lowest BCUT2D eigenvalue weighted by atomic mass is 10.2. The Morgan fingerprint density at radius 2 is 2.15 bits per heavy atom. The molecule has 0 fully saturated rings. The fourth-order valence-corrected chi connectivity index (χ4v) is 2.06. The second-order valence-corrected chi connectivity index (χ2v) is 5.29. The fourth-order valence-electron chi connectivity index (χ4n) is 1.68. The maximum atomic E-state index is 11.8. The summed E-state index contributed by atoms with van der Waals surface area (Å²) in [7, 11) is 0. The third-order valence-electron chi connectivity index (χ3n) is 2.77. The zero-order valence-corrected chi connectivity index (χ0v) is 12.8. The van der Waals surface area contributed by atoms with E-state index in [1.807, 2.05) is 43.3 Å². The molecule has 104 valence electrons. The largest absolute Gasteiger partial charge is 0.325 e. The van der Waals surface area contributed by atoms with Gasteiger partial charge in [0, 0.05) is 22.9 Å². The van der Waals surface area contributed by atoms with Crippen LogP contribution in [-0.4, -0.2) is 17.4 Å². The molecule has 0 saturated carbocycles. The summed E-state index contributed by atoms with van der Waals surface area (Å²) in [6.45, 7) is 2.83. The Hall–Kier alpha value is -1.72. The lowest BCUT2D eigenvalue weighted by Gasteiger charge is -2.08. The van der Waals surface area contributed by atoms with Crippen molar-refractivity contribution in [3.8, 4) is 0 Å². The van der Waals surface area contributed by atoms with Gasteiger partial charge in [-0.15, -0.1) is 0 Å². The first kappa shape index (κ1) is 14.7. The molecule has 1 amide bonds. The van der Waals surface area contributed by atoms with Gasteiger partial charge in [0.15, 0.2) is 0 Å². The molecule has 1 aromatic carbocycles. The maximum absolute atomic E-state index is 11.8. The average Bonchev–Trinajstić information content (AvgIpc) is 2.44. The fraction of sp³-hybridized carbons (Fsp3) is 0.200. The number of rotatable bonds is 5. The lowest BCUT2D eigenvalue weighted by molar-refractivity contribution is -0.115. The predicted molar refractivity (Wildman–Crippen MR) is 83.5 cm³/mol. The van der Waals surface area contributed by atoms with E-state index in [9.17, 15) is 4.79 Å². The van der Waals surface area contributed by atoms with E-state index in [2.05, 4.69) is 31.5 Å². The number of halogens is 1. The third kappa shape index (κ3) is 4.43. The van der Waals surface area contributed by atoms with E-state index >= 15 is 0 Å². The number of hydrogen-bond acceptors (Lipinski definition) is 3. The third-order valence-corrected chi connectivity index (χ3v) is 3.63. The highest BCUT2D eigenvalue weighted by Crippen LogP contribution is 2.20. The van der Waals surface area contributed by atoms with Crippen LogP contribution in [0.1, 0.15) is 11.3 Å². The van der Waals surface area contributed by atoms with Crippen molar-refractivity contribution in [1.29, 1.82) is 0 Å². The summed E-state index contributed by atoms with van der Waals surface area (Å²) in [6.07, 6.45) is 1.74. The second-order valence-electron chi connectivity index (χ2n) is 4.44. The normalized spacial score (nSPS) is 10.3. The van der Waals surface area contributed by atoms with Gasteiger partial charge < -0.3 is 10.6 Å². The van der Waals surface area contributed by atoms with Crippen molar-refractivity contribution in [2.45, 2.75) is 13.5 Å². The standard InChI is InChI=1S/C15H16BrN3O/c1-11-5-6-12(8-14(11)16)19-15(20)10-17-9-13-4-2-3-7-18-13/h2-8,17H,9-10H2,1H3,(H,19,20). The molecular formula is C15H16BrN3O. The van der Waals surface area contributed by atoms with Crippen LogP contribution in [0.3, 0.4) is 0 Å². The van der Waals surface area contributed by atoms with E-state index in [0.717, 1.165) is 21.4 Å². The van der Waals surface area contributed by atoms with Crippen LogP contribution in [-0.2, 0) is 11.3 Å². The summed E-state index contributed by atoms with van der Waals surface area (Å²) in [4.78, 5) is 16.0. The van der Waals surface area contributed by atoms with E-state index in [1.165, 1.54) is 0 Å². The number of aromatic nitrogens is 1. The summed E-state index contributed by atoms with van der Waals surface area (Å²) in [6, 6.07) is 11.4. The van der Waals surface area contributed by atoms with Gasteiger partial charge in [0.2, 0.25) is 5.91 Å². The minimum Gasteiger partial charge on any atom is -0.325 e. The molecule has 0 aliphatic heterocycles. The smallest absolute Gasteiger partial charge is 0.238 e. The summed E-state index contributed by atoms with van der Waals surface area (Å²) in [5.41, 5.74) is 2.83. The van der Waals surface area contributed by atoms with E-state index in [4.69, 9.17) is 0 Å². The van der Waals surface area contributed by atoms with Gasteiger partial charge in [-0.2, -0.15) is 0 Å². The van der Waals surface area contributed by atoms with Gasteiger partial charge >= 0.3 is 0 Å². The first-order valence-electron chi connectivity index (χ1n) is 6.32. The number of nitrogens with zero attached hydrogens (tertiary/aromatic N) is 1. The number of amides is 1. The Balaban J connectivity index is 1.79. The van der Waals surface area contributed by atoms with Gasteiger partial charge in [0.1, 0.15) is 0 Å². The molecule has 5 heteroatoms. The summed E-state index contributed by atoms with van der Waals surface area (Å²) >= 11 is 3.44. The van der Waals surface area contributed by atoms with Crippen LogP contribution < -0.4 is 10.6 Å². The number of pyridine rings is 1. The molecule has 0 spiro atoms. The number of aryl methyl sites for hydroxylation is 1.